The van der Waals surface area contributed by atoms with E-state index < -0.39 is 11.7 Å². The molecule has 0 aliphatic heterocycles. The van der Waals surface area contributed by atoms with Gasteiger partial charge < -0.3 is 4.74 Å². The number of carbonyl (C=O) groups excluding carboxylic acids is 1. The van der Waals surface area contributed by atoms with Gasteiger partial charge in [-0.1, -0.05) is 17.8 Å². The molecule has 21 heavy (non-hydrogen) atoms. The molecule has 0 heterocycles. The number of amidine groups is 1. The first-order valence-electron chi connectivity index (χ1n) is 6.22. The normalized spacial score (nSPS) is 11.5. The Morgan fingerprint density at radius 2 is 2.14 bits per heavy atom. The van der Waals surface area contributed by atoms with Crippen molar-refractivity contribution in [1.82, 2.24) is 5.32 Å². The van der Waals surface area contributed by atoms with Crippen molar-refractivity contribution in [2.24, 2.45) is 4.99 Å². The lowest BCUT2D eigenvalue weighted by Crippen LogP contribution is -2.27. The number of hydrogen-bond donors (Lipinski definition) is 2. The van der Waals surface area contributed by atoms with E-state index in [2.05, 4.69) is 15.6 Å². The third kappa shape index (κ3) is 6.68. The van der Waals surface area contributed by atoms with Crippen molar-refractivity contribution in [3.63, 3.8) is 0 Å². The molecule has 0 aromatic heterocycles. The van der Waals surface area contributed by atoms with Crippen molar-refractivity contribution in [2.75, 3.05) is 11.6 Å². The largest absolute Gasteiger partial charge is 0.444 e. The van der Waals surface area contributed by atoms with E-state index >= 15 is 0 Å². The van der Waals surface area contributed by atoms with Crippen LogP contribution in [0.15, 0.2) is 29.3 Å². The highest BCUT2D eigenvalue weighted by Crippen LogP contribution is 2.20. The van der Waals surface area contributed by atoms with Crippen LogP contribution < -0.4 is 10.6 Å². The molecule has 0 saturated heterocycles. The third-order valence-corrected chi connectivity index (χ3v) is 2.66. The van der Waals surface area contributed by atoms with Gasteiger partial charge in [0.05, 0.1) is 5.69 Å². The molecule has 0 radical (unpaired) electrons. The van der Waals surface area contributed by atoms with Crippen LogP contribution in [0.25, 0.3) is 0 Å². The predicted molar refractivity (Wildman–Crippen MR) is 85.7 cm³/mol. The summed E-state index contributed by atoms with van der Waals surface area (Å²) in [4.78, 5) is 16.0. The number of hydrogen-bond acceptors (Lipinski definition) is 5. The van der Waals surface area contributed by atoms with Crippen LogP contribution in [0.2, 0.25) is 0 Å². The summed E-state index contributed by atoms with van der Waals surface area (Å²) in [5.41, 5.74) is 0.640. The van der Waals surface area contributed by atoms with Gasteiger partial charge in [-0.05, 0) is 45.2 Å². The molecule has 0 fully saturated rings. The minimum absolute atomic E-state index is 0.479. The molecule has 112 valence electrons. The highest BCUT2D eigenvalue weighted by Gasteiger charge is 2.16. The molecule has 0 bridgehead atoms. The Labute approximate surface area is 128 Å². The second-order valence-corrected chi connectivity index (χ2v) is 5.83. The lowest BCUT2D eigenvalue weighted by Gasteiger charge is -2.19. The Kier molecular flexibility index (Phi) is 6.06. The number of benzene rings is 1. The van der Waals surface area contributed by atoms with E-state index in [1.54, 1.807) is 45.0 Å². The molecule has 6 nitrogen and oxygen atoms in total. The van der Waals surface area contributed by atoms with E-state index in [0.717, 1.165) is 0 Å². The number of carbonyl (C=O) groups is 1. The fourth-order valence-corrected chi connectivity index (χ4v) is 1.71. The number of rotatable bonds is 2. The van der Waals surface area contributed by atoms with Crippen molar-refractivity contribution in [3.8, 4) is 6.19 Å². The Hall–Kier alpha value is -2.20. The first kappa shape index (κ1) is 16.9. The van der Waals surface area contributed by atoms with Crippen LogP contribution in [0.4, 0.5) is 16.2 Å². The maximum absolute atomic E-state index is 11.7. The van der Waals surface area contributed by atoms with Gasteiger partial charge in [0.25, 0.3) is 0 Å². The van der Waals surface area contributed by atoms with Gasteiger partial charge in [0.1, 0.15) is 5.60 Å². The third-order valence-electron chi connectivity index (χ3n) is 2.08. The van der Waals surface area contributed by atoms with Gasteiger partial charge in [0, 0.05) is 5.69 Å². The van der Waals surface area contributed by atoms with Crippen molar-refractivity contribution in [3.05, 3.63) is 24.3 Å². The number of ether oxygens (including phenoxy) is 1. The standard InChI is InChI=1S/C14H18N4O2S/c1-14(2,3)20-13(19)18-11-7-5-6-10(8-11)17-12(21-4)16-9-15/h5-8H,1-4H3,(H,16,17)(H,18,19). The minimum Gasteiger partial charge on any atom is -0.444 e. The van der Waals surface area contributed by atoms with Crippen molar-refractivity contribution >= 4 is 34.4 Å². The molecule has 0 spiro atoms. The van der Waals surface area contributed by atoms with Crippen molar-refractivity contribution < 1.29 is 9.53 Å². The molecule has 1 aromatic carbocycles. The summed E-state index contributed by atoms with van der Waals surface area (Å²) >= 11 is 1.32. The van der Waals surface area contributed by atoms with E-state index in [4.69, 9.17) is 10.00 Å². The number of aliphatic imine (C=N–C) groups is 1. The summed E-state index contributed by atoms with van der Waals surface area (Å²) in [7, 11) is 0. The first-order chi connectivity index (χ1) is 9.84. The zero-order chi connectivity index (χ0) is 15.9. The molecule has 0 aliphatic rings. The lowest BCUT2D eigenvalue weighted by molar-refractivity contribution is 0.0636. The Bertz CT molecular complexity index is 573. The van der Waals surface area contributed by atoms with Gasteiger partial charge in [0.15, 0.2) is 11.4 Å². The molecule has 1 rings (SSSR count). The SMILES string of the molecule is CSC(=Nc1cccc(NC(=O)OC(C)(C)C)c1)NC#N. The molecule has 7 heteroatoms. The maximum Gasteiger partial charge on any atom is 0.412 e. The van der Waals surface area contributed by atoms with Crippen LogP contribution in [0, 0.1) is 11.5 Å². The van der Waals surface area contributed by atoms with Gasteiger partial charge in [-0.3, -0.25) is 10.6 Å². The Morgan fingerprint density at radius 1 is 1.43 bits per heavy atom. The molecule has 0 unspecified atom stereocenters. The zero-order valence-corrected chi connectivity index (χ0v) is 13.2. The number of anilines is 1. The van der Waals surface area contributed by atoms with Gasteiger partial charge >= 0.3 is 6.09 Å². The summed E-state index contributed by atoms with van der Waals surface area (Å²) in [5, 5.41) is 14.2. The smallest absolute Gasteiger partial charge is 0.412 e. The summed E-state index contributed by atoms with van der Waals surface area (Å²) in [6, 6.07) is 6.96. The Balaban J connectivity index is 2.82. The van der Waals surface area contributed by atoms with E-state index in [1.165, 1.54) is 11.8 Å². The van der Waals surface area contributed by atoms with Crippen LogP contribution in [0.3, 0.4) is 0 Å². The second-order valence-electron chi connectivity index (χ2n) is 5.04. The second kappa shape index (κ2) is 7.55. The van der Waals surface area contributed by atoms with E-state index in [9.17, 15) is 4.79 Å². The molecular weight excluding hydrogens is 288 g/mol. The van der Waals surface area contributed by atoms with Gasteiger partial charge in [0.2, 0.25) is 0 Å². The topological polar surface area (TPSA) is 86.5 Å². The fraction of sp³-hybridized carbons (Fsp3) is 0.357. The molecule has 1 aromatic rings. The molecule has 2 N–H and O–H groups in total. The monoisotopic (exact) mass is 306 g/mol. The lowest BCUT2D eigenvalue weighted by atomic mass is 10.2. The Morgan fingerprint density at radius 3 is 2.71 bits per heavy atom. The van der Waals surface area contributed by atoms with Crippen LogP contribution in [0.5, 0.6) is 0 Å². The van der Waals surface area contributed by atoms with E-state index in [0.29, 0.717) is 16.5 Å². The number of amides is 1. The number of nitrogens with zero attached hydrogens (tertiary/aromatic N) is 2. The van der Waals surface area contributed by atoms with Gasteiger partial charge in [-0.2, -0.15) is 5.26 Å². The zero-order valence-electron chi connectivity index (χ0n) is 12.4. The van der Waals surface area contributed by atoms with Crippen LogP contribution in [-0.2, 0) is 4.74 Å². The average molecular weight is 306 g/mol. The quantitative estimate of drug-likeness (QED) is 0.378. The molecule has 0 atom stereocenters. The van der Waals surface area contributed by atoms with Crippen LogP contribution in [-0.4, -0.2) is 23.1 Å². The summed E-state index contributed by atoms with van der Waals surface area (Å²) in [6.07, 6.45) is 3.11. The van der Waals surface area contributed by atoms with Crippen molar-refractivity contribution in [2.45, 2.75) is 26.4 Å². The van der Waals surface area contributed by atoms with Crippen LogP contribution in [0.1, 0.15) is 20.8 Å². The van der Waals surface area contributed by atoms with Crippen LogP contribution >= 0.6 is 11.8 Å². The summed E-state index contributed by atoms with van der Waals surface area (Å²) in [6.45, 7) is 5.39. The first-order valence-corrected chi connectivity index (χ1v) is 7.44. The number of nitriles is 1. The molecule has 0 aliphatic carbocycles. The number of nitrogens with one attached hydrogen (secondary N) is 2. The molecule has 0 saturated carbocycles. The van der Waals surface area contributed by atoms with Crippen molar-refractivity contribution in [1.29, 1.82) is 5.26 Å². The highest BCUT2D eigenvalue weighted by atomic mass is 32.2. The fourth-order valence-electron chi connectivity index (χ4n) is 1.36. The summed E-state index contributed by atoms with van der Waals surface area (Å²) < 4.78 is 5.18. The predicted octanol–water partition coefficient (Wildman–Crippen LogP) is 3.45. The summed E-state index contributed by atoms with van der Waals surface area (Å²) in [5.74, 6) is 0. The van der Waals surface area contributed by atoms with Gasteiger partial charge in [-0.15, -0.1) is 0 Å². The van der Waals surface area contributed by atoms with E-state index in [1.807, 2.05) is 12.4 Å². The van der Waals surface area contributed by atoms with Gasteiger partial charge in [-0.25, -0.2) is 9.79 Å². The average Bonchev–Trinajstić information content (AvgIpc) is 2.36. The minimum atomic E-state index is -0.553. The highest BCUT2D eigenvalue weighted by molar-refractivity contribution is 8.13. The maximum atomic E-state index is 11.7. The number of thioether (sulfide) groups is 1. The molecular formula is C14H18N4O2S. The molecule has 1 amide bonds. The van der Waals surface area contributed by atoms with E-state index in [-0.39, 0.29) is 0 Å².